The second kappa shape index (κ2) is 11.6. The van der Waals surface area contributed by atoms with E-state index in [1.165, 1.54) is 0 Å². The Morgan fingerprint density at radius 2 is 2.00 bits per heavy atom. The lowest BCUT2D eigenvalue weighted by atomic mass is 9.85. The van der Waals surface area contributed by atoms with E-state index in [9.17, 15) is 9.59 Å². The zero-order valence-electron chi connectivity index (χ0n) is 19.0. The first-order chi connectivity index (χ1) is 14.3. The Bertz CT molecular complexity index is 745. The summed E-state index contributed by atoms with van der Waals surface area (Å²) in [6, 6.07) is 8.15. The minimum atomic E-state index is 0.00985. The molecule has 1 saturated carbocycles. The first-order valence-corrected chi connectivity index (χ1v) is 10.9. The average Bonchev–Trinajstić information content (AvgIpc) is 2.72. The molecule has 1 fully saturated rings. The van der Waals surface area contributed by atoms with Crippen LogP contribution in [0, 0.1) is 5.92 Å². The molecule has 0 aromatic heterocycles. The van der Waals surface area contributed by atoms with Gasteiger partial charge in [-0.15, -0.1) is 0 Å². The Kier molecular flexibility index (Phi) is 9.15. The second-order valence-electron chi connectivity index (χ2n) is 8.52. The van der Waals surface area contributed by atoms with Crippen molar-refractivity contribution < 1.29 is 9.59 Å². The molecule has 3 N–H and O–H groups in total. The molecule has 0 radical (unpaired) electrons. The normalized spacial score (nSPS) is 19.3. The van der Waals surface area contributed by atoms with Gasteiger partial charge in [-0.3, -0.25) is 14.6 Å². The van der Waals surface area contributed by atoms with Crippen molar-refractivity contribution in [2.45, 2.75) is 58.0 Å². The highest BCUT2D eigenvalue weighted by Crippen LogP contribution is 2.24. The molecule has 0 spiro atoms. The van der Waals surface area contributed by atoms with E-state index in [0.29, 0.717) is 12.1 Å². The summed E-state index contributed by atoms with van der Waals surface area (Å²) in [4.78, 5) is 30.4. The first kappa shape index (κ1) is 23.7. The predicted molar refractivity (Wildman–Crippen MR) is 122 cm³/mol. The first-order valence-electron chi connectivity index (χ1n) is 10.9. The minimum Gasteiger partial charge on any atom is -0.356 e. The predicted octanol–water partition coefficient (Wildman–Crippen LogP) is 2.18. The summed E-state index contributed by atoms with van der Waals surface area (Å²) in [6.07, 6.45) is 4.65. The summed E-state index contributed by atoms with van der Waals surface area (Å²) in [5.41, 5.74) is 1.81. The van der Waals surface area contributed by atoms with E-state index in [4.69, 9.17) is 0 Å². The van der Waals surface area contributed by atoms with Crippen LogP contribution >= 0.6 is 0 Å². The maximum Gasteiger partial charge on any atom is 0.253 e. The monoisotopic (exact) mass is 415 g/mol. The highest BCUT2D eigenvalue weighted by Gasteiger charge is 2.27. The Balaban J connectivity index is 1.83. The van der Waals surface area contributed by atoms with Gasteiger partial charge in [-0.1, -0.05) is 18.6 Å². The molecule has 1 aliphatic carbocycles. The number of guanidine groups is 1. The molecule has 2 rings (SSSR count). The van der Waals surface area contributed by atoms with E-state index in [1.54, 1.807) is 26.0 Å². The Labute approximate surface area is 180 Å². The van der Waals surface area contributed by atoms with Crippen LogP contribution in [-0.4, -0.2) is 62.4 Å². The smallest absolute Gasteiger partial charge is 0.253 e. The molecule has 2 amide bonds. The summed E-state index contributed by atoms with van der Waals surface area (Å²) in [5.74, 6) is 0.987. The van der Waals surface area contributed by atoms with Gasteiger partial charge in [-0.25, -0.2) is 0 Å². The van der Waals surface area contributed by atoms with Crippen molar-refractivity contribution in [2.75, 3.05) is 27.7 Å². The van der Waals surface area contributed by atoms with Gasteiger partial charge in [0.2, 0.25) is 5.91 Å². The fourth-order valence-corrected chi connectivity index (χ4v) is 3.79. The van der Waals surface area contributed by atoms with Gasteiger partial charge in [0.1, 0.15) is 0 Å². The Morgan fingerprint density at radius 3 is 2.67 bits per heavy atom. The number of aliphatic imine (C=N–C) groups is 1. The molecule has 2 atom stereocenters. The van der Waals surface area contributed by atoms with Crippen LogP contribution in [0.25, 0.3) is 0 Å². The summed E-state index contributed by atoms with van der Waals surface area (Å²) in [6.45, 7) is 4.70. The molecule has 2 unspecified atom stereocenters. The van der Waals surface area contributed by atoms with Crippen molar-refractivity contribution in [2.24, 2.45) is 10.9 Å². The van der Waals surface area contributed by atoms with Crippen molar-refractivity contribution in [3.8, 4) is 0 Å². The van der Waals surface area contributed by atoms with E-state index in [1.807, 2.05) is 38.1 Å². The molecule has 166 valence electrons. The molecular weight excluding hydrogens is 378 g/mol. The van der Waals surface area contributed by atoms with Crippen LogP contribution < -0.4 is 16.0 Å². The molecule has 7 nitrogen and oxygen atoms in total. The third-order valence-electron chi connectivity index (χ3n) is 5.33. The number of carbonyl (C=O) groups is 2. The maximum atomic E-state index is 12.3. The van der Waals surface area contributed by atoms with Gasteiger partial charge in [0.15, 0.2) is 5.96 Å². The van der Waals surface area contributed by atoms with E-state index in [2.05, 4.69) is 20.9 Å². The fourth-order valence-electron chi connectivity index (χ4n) is 3.79. The van der Waals surface area contributed by atoms with Crippen LogP contribution in [0.4, 0.5) is 0 Å². The molecule has 0 bridgehead atoms. The van der Waals surface area contributed by atoms with Crippen LogP contribution in [0.15, 0.2) is 29.3 Å². The van der Waals surface area contributed by atoms with Crippen molar-refractivity contribution >= 4 is 17.8 Å². The number of benzene rings is 1. The van der Waals surface area contributed by atoms with Crippen molar-refractivity contribution in [1.29, 1.82) is 0 Å². The molecule has 7 heteroatoms. The Morgan fingerprint density at radius 1 is 1.23 bits per heavy atom. The van der Waals surface area contributed by atoms with Gasteiger partial charge in [0.05, 0.1) is 0 Å². The van der Waals surface area contributed by atoms with Crippen LogP contribution in [0.3, 0.4) is 0 Å². The van der Waals surface area contributed by atoms with E-state index < -0.39 is 0 Å². The molecule has 0 saturated heterocycles. The molecule has 1 aromatic carbocycles. The lowest BCUT2D eigenvalue weighted by Crippen LogP contribution is -2.47. The lowest BCUT2D eigenvalue weighted by Gasteiger charge is -2.30. The largest absolute Gasteiger partial charge is 0.356 e. The van der Waals surface area contributed by atoms with Gasteiger partial charge in [-0.05, 0) is 57.2 Å². The van der Waals surface area contributed by atoms with E-state index in [0.717, 1.165) is 43.6 Å². The molecule has 1 aromatic rings. The van der Waals surface area contributed by atoms with Crippen LogP contribution in [0.2, 0.25) is 0 Å². The van der Waals surface area contributed by atoms with Gasteiger partial charge in [-0.2, -0.15) is 0 Å². The SMILES string of the molecule is CN=C(NCCc1cccc(C(=O)N(C)C)c1)NC1CCCC(C(=O)NC(C)C)C1. The number of nitrogens with zero attached hydrogens (tertiary/aromatic N) is 2. The standard InChI is InChI=1S/C23H37N5O2/c1-16(2)26-21(29)18-9-7-11-20(15-18)27-23(24-3)25-13-12-17-8-6-10-19(14-17)22(30)28(4)5/h6,8,10,14,16,18,20H,7,9,11-13,15H2,1-5H3,(H,26,29)(H2,24,25,27). The number of nitrogens with one attached hydrogen (secondary N) is 3. The number of carbonyl (C=O) groups excluding carboxylic acids is 2. The third-order valence-corrected chi connectivity index (χ3v) is 5.33. The molecule has 0 aliphatic heterocycles. The Hall–Kier alpha value is -2.57. The van der Waals surface area contributed by atoms with Crippen LogP contribution in [0.1, 0.15) is 55.5 Å². The number of hydrogen-bond donors (Lipinski definition) is 3. The van der Waals surface area contributed by atoms with Crippen LogP contribution in [0.5, 0.6) is 0 Å². The third kappa shape index (κ3) is 7.35. The molecule has 30 heavy (non-hydrogen) atoms. The van der Waals surface area contributed by atoms with E-state index >= 15 is 0 Å². The zero-order chi connectivity index (χ0) is 22.1. The van der Waals surface area contributed by atoms with Gasteiger partial charge >= 0.3 is 0 Å². The highest BCUT2D eigenvalue weighted by molar-refractivity contribution is 5.94. The van der Waals surface area contributed by atoms with Gasteiger partial charge < -0.3 is 20.9 Å². The van der Waals surface area contributed by atoms with E-state index in [-0.39, 0.29) is 29.8 Å². The van der Waals surface area contributed by atoms with Crippen LogP contribution in [-0.2, 0) is 11.2 Å². The van der Waals surface area contributed by atoms with Gasteiger partial charge in [0, 0.05) is 51.3 Å². The number of amides is 2. The maximum absolute atomic E-state index is 12.3. The average molecular weight is 416 g/mol. The molecular formula is C23H37N5O2. The minimum absolute atomic E-state index is 0.00985. The fraction of sp³-hybridized carbons (Fsp3) is 0.609. The van der Waals surface area contributed by atoms with Crippen molar-refractivity contribution in [1.82, 2.24) is 20.9 Å². The summed E-state index contributed by atoms with van der Waals surface area (Å²) < 4.78 is 0. The molecule has 1 aliphatic rings. The van der Waals surface area contributed by atoms with Crippen molar-refractivity contribution in [3.63, 3.8) is 0 Å². The number of rotatable bonds is 7. The van der Waals surface area contributed by atoms with Crippen molar-refractivity contribution in [3.05, 3.63) is 35.4 Å². The summed E-state index contributed by atoms with van der Waals surface area (Å²) >= 11 is 0. The summed E-state index contributed by atoms with van der Waals surface area (Å²) in [5, 5.41) is 9.86. The second-order valence-corrected chi connectivity index (χ2v) is 8.52. The zero-order valence-corrected chi connectivity index (χ0v) is 19.0. The highest BCUT2D eigenvalue weighted by atomic mass is 16.2. The quantitative estimate of drug-likeness (QED) is 0.471. The lowest BCUT2D eigenvalue weighted by molar-refractivity contribution is -0.126. The number of hydrogen-bond acceptors (Lipinski definition) is 3. The molecule has 0 heterocycles. The van der Waals surface area contributed by atoms with Gasteiger partial charge in [0.25, 0.3) is 5.91 Å². The topological polar surface area (TPSA) is 85.8 Å². The summed E-state index contributed by atoms with van der Waals surface area (Å²) in [7, 11) is 5.28.